The number of imide groups is 1. The van der Waals surface area contributed by atoms with E-state index < -0.39 is 27.7 Å². The number of furan rings is 1. The second-order valence-corrected chi connectivity index (χ2v) is 7.95. The van der Waals surface area contributed by atoms with E-state index >= 15 is 0 Å². The van der Waals surface area contributed by atoms with Gasteiger partial charge in [0.1, 0.15) is 17.4 Å². The van der Waals surface area contributed by atoms with Crippen LogP contribution in [0.2, 0.25) is 0 Å². The summed E-state index contributed by atoms with van der Waals surface area (Å²) in [6.07, 6.45) is 3.08. The summed E-state index contributed by atoms with van der Waals surface area (Å²) in [5.74, 6) is -1.27. The van der Waals surface area contributed by atoms with Crippen LogP contribution in [0.15, 0.2) is 39.5 Å². The van der Waals surface area contributed by atoms with Crippen LogP contribution in [0.4, 0.5) is 0 Å². The van der Waals surface area contributed by atoms with Gasteiger partial charge in [-0.1, -0.05) is 0 Å². The molecule has 2 amide bonds. The van der Waals surface area contributed by atoms with E-state index in [0.717, 1.165) is 4.90 Å². The van der Waals surface area contributed by atoms with E-state index in [0.29, 0.717) is 5.76 Å². The predicted molar refractivity (Wildman–Crippen MR) is 83.9 cm³/mol. The molecule has 0 bridgehead atoms. The molecule has 1 aromatic rings. The third-order valence-electron chi connectivity index (χ3n) is 4.18. The minimum absolute atomic E-state index is 0.0729. The van der Waals surface area contributed by atoms with Crippen LogP contribution in [0, 0.1) is 11.3 Å². The maximum Gasteiger partial charge on any atom is 0.271 e. The SMILES string of the molecule is CC1=C(C#N)C(=O)N([C@@H]2CCS(=O)(=O)C2)C(=O)/C1=C/c1ccco1. The zero-order chi connectivity index (χ0) is 17.5. The Labute approximate surface area is 138 Å². The third-order valence-corrected chi connectivity index (χ3v) is 5.93. The van der Waals surface area contributed by atoms with Crippen molar-refractivity contribution < 1.29 is 22.4 Å². The topological polar surface area (TPSA) is 108 Å². The Bertz CT molecular complexity index is 916. The van der Waals surface area contributed by atoms with Crippen molar-refractivity contribution in [2.45, 2.75) is 19.4 Å². The number of nitrogens with zero attached hydrogens (tertiary/aromatic N) is 2. The molecule has 0 radical (unpaired) electrons. The summed E-state index contributed by atoms with van der Waals surface area (Å²) in [6.45, 7) is 1.52. The molecule has 1 saturated heterocycles. The van der Waals surface area contributed by atoms with Crippen molar-refractivity contribution in [3.63, 3.8) is 0 Å². The first kappa shape index (κ1) is 16.2. The minimum Gasteiger partial charge on any atom is -0.465 e. The summed E-state index contributed by atoms with van der Waals surface area (Å²) in [6, 6.07) is 4.37. The molecule has 2 aliphatic heterocycles. The number of hydrogen-bond donors (Lipinski definition) is 0. The fourth-order valence-corrected chi connectivity index (χ4v) is 4.63. The molecular weight excluding hydrogens is 332 g/mol. The van der Waals surface area contributed by atoms with Crippen LogP contribution in [0.3, 0.4) is 0 Å². The Kier molecular flexibility index (Phi) is 3.89. The van der Waals surface area contributed by atoms with Crippen molar-refractivity contribution >= 4 is 27.7 Å². The van der Waals surface area contributed by atoms with E-state index in [4.69, 9.17) is 4.42 Å². The second kappa shape index (κ2) is 5.76. The van der Waals surface area contributed by atoms with Crippen LogP contribution in [0.25, 0.3) is 6.08 Å². The summed E-state index contributed by atoms with van der Waals surface area (Å²) >= 11 is 0. The second-order valence-electron chi connectivity index (χ2n) is 5.72. The lowest BCUT2D eigenvalue weighted by atomic mass is 9.93. The fraction of sp³-hybridized carbons (Fsp3) is 0.312. The molecule has 0 saturated carbocycles. The summed E-state index contributed by atoms with van der Waals surface area (Å²) in [7, 11) is -3.28. The summed E-state index contributed by atoms with van der Waals surface area (Å²) in [5.41, 5.74) is 0.267. The fourth-order valence-electron chi connectivity index (χ4n) is 2.93. The van der Waals surface area contributed by atoms with Crippen LogP contribution in [-0.2, 0) is 19.4 Å². The number of sulfone groups is 1. The van der Waals surface area contributed by atoms with Crippen molar-refractivity contribution in [1.29, 1.82) is 5.26 Å². The highest BCUT2D eigenvalue weighted by Crippen LogP contribution is 2.31. The smallest absolute Gasteiger partial charge is 0.271 e. The molecule has 0 spiro atoms. The Morgan fingerprint density at radius 2 is 2.12 bits per heavy atom. The van der Waals surface area contributed by atoms with Crippen molar-refractivity contribution in [1.82, 2.24) is 4.90 Å². The van der Waals surface area contributed by atoms with Gasteiger partial charge in [-0.05, 0) is 37.1 Å². The van der Waals surface area contributed by atoms with Crippen LogP contribution >= 0.6 is 0 Å². The number of carbonyl (C=O) groups excluding carboxylic acids is 2. The van der Waals surface area contributed by atoms with Gasteiger partial charge in [-0.3, -0.25) is 14.5 Å². The Hall–Kier alpha value is -2.66. The van der Waals surface area contributed by atoms with Gasteiger partial charge in [-0.15, -0.1) is 0 Å². The Balaban J connectivity index is 2.08. The average Bonchev–Trinajstić information content (AvgIpc) is 3.14. The number of rotatable bonds is 2. The number of hydrogen-bond acceptors (Lipinski definition) is 6. The molecule has 0 N–H and O–H groups in total. The Morgan fingerprint density at radius 3 is 2.67 bits per heavy atom. The summed E-state index contributed by atoms with van der Waals surface area (Å²) < 4.78 is 28.6. The first-order chi connectivity index (χ1) is 11.3. The lowest BCUT2D eigenvalue weighted by Crippen LogP contribution is -2.49. The van der Waals surface area contributed by atoms with Crippen LogP contribution < -0.4 is 0 Å². The zero-order valence-electron chi connectivity index (χ0n) is 12.9. The van der Waals surface area contributed by atoms with Crippen LogP contribution in [-0.4, -0.2) is 42.7 Å². The molecule has 0 aromatic carbocycles. The molecule has 3 heterocycles. The zero-order valence-corrected chi connectivity index (χ0v) is 13.7. The first-order valence-corrected chi connectivity index (χ1v) is 9.11. The lowest BCUT2D eigenvalue weighted by molar-refractivity contribution is -0.142. The summed E-state index contributed by atoms with van der Waals surface area (Å²) in [4.78, 5) is 26.2. The normalized spacial score (nSPS) is 25.4. The van der Waals surface area contributed by atoms with Gasteiger partial charge in [-0.25, -0.2) is 8.42 Å². The van der Waals surface area contributed by atoms with Gasteiger partial charge in [-0.2, -0.15) is 5.26 Å². The van der Waals surface area contributed by atoms with E-state index in [1.54, 1.807) is 12.1 Å². The van der Waals surface area contributed by atoms with E-state index in [1.165, 1.54) is 19.3 Å². The highest BCUT2D eigenvalue weighted by atomic mass is 32.2. The van der Waals surface area contributed by atoms with Gasteiger partial charge in [0.25, 0.3) is 11.8 Å². The van der Waals surface area contributed by atoms with Crippen molar-refractivity contribution in [3.05, 3.63) is 40.9 Å². The van der Waals surface area contributed by atoms with Crippen molar-refractivity contribution in [2.75, 3.05) is 11.5 Å². The number of nitriles is 1. The van der Waals surface area contributed by atoms with Gasteiger partial charge in [0, 0.05) is 5.57 Å². The average molecular weight is 346 g/mol. The van der Waals surface area contributed by atoms with Crippen LogP contribution in [0.1, 0.15) is 19.1 Å². The lowest BCUT2D eigenvalue weighted by Gasteiger charge is -2.31. The molecule has 8 heteroatoms. The first-order valence-electron chi connectivity index (χ1n) is 7.29. The molecule has 1 atom stereocenters. The quantitative estimate of drug-likeness (QED) is 0.585. The Morgan fingerprint density at radius 1 is 1.38 bits per heavy atom. The molecule has 1 fully saturated rings. The van der Waals surface area contributed by atoms with Crippen molar-refractivity contribution in [3.8, 4) is 6.07 Å². The van der Waals surface area contributed by atoms with Crippen LogP contribution in [0.5, 0.6) is 0 Å². The molecular formula is C16H14N2O5S. The molecule has 2 aliphatic rings. The maximum absolute atomic E-state index is 12.8. The van der Waals surface area contributed by atoms with E-state index in [1.807, 2.05) is 6.07 Å². The number of carbonyl (C=O) groups is 2. The largest absolute Gasteiger partial charge is 0.465 e. The third kappa shape index (κ3) is 2.67. The molecule has 0 unspecified atom stereocenters. The maximum atomic E-state index is 12.8. The molecule has 124 valence electrons. The van der Waals surface area contributed by atoms with Gasteiger partial charge in [0.05, 0.1) is 23.8 Å². The molecule has 0 aliphatic carbocycles. The monoisotopic (exact) mass is 346 g/mol. The standard InChI is InChI=1S/C16H14N2O5S/c1-10-13(7-12-3-2-5-23-12)15(19)18(16(20)14(10)8-17)11-4-6-24(21,22)9-11/h2-3,5,7,11H,4,6,9H2,1H3/b13-7+/t11-/m1/s1. The van der Waals surface area contributed by atoms with E-state index in [-0.39, 0.29) is 34.6 Å². The molecule has 1 aromatic heterocycles. The van der Waals surface area contributed by atoms with Gasteiger partial charge < -0.3 is 4.42 Å². The van der Waals surface area contributed by atoms with E-state index in [9.17, 15) is 23.3 Å². The predicted octanol–water partition coefficient (Wildman–Crippen LogP) is 1.06. The van der Waals surface area contributed by atoms with Gasteiger partial charge >= 0.3 is 0 Å². The minimum atomic E-state index is -3.28. The molecule has 3 rings (SSSR count). The van der Waals surface area contributed by atoms with Gasteiger partial charge in [0.2, 0.25) is 0 Å². The van der Waals surface area contributed by atoms with Gasteiger partial charge in [0.15, 0.2) is 9.84 Å². The highest BCUT2D eigenvalue weighted by Gasteiger charge is 2.43. The summed E-state index contributed by atoms with van der Waals surface area (Å²) in [5, 5.41) is 9.29. The molecule has 7 nitrogen and oxygen atoms in total. The van der Waals surface area contributed by atoms with E-state index in [2.05, 4.69) is 0 Å². The highest BCUT2D eigenvalue weighted by molar-refractivity contribution is 7.91. The number of amides is 2. The van der Waals surface area contributed by atoms with Crippen molar-refractivity contribution in [2.24, 2.45) is 0 Å². The molecule has 24 heavy (non-hydrogen) atoms.